The molecule has 0 aromatic carbocycles. The summed E-state index contributed by atoms with van der Waals surface area (Å²) in [6.07, 6.45) is 16.8. The average molecular weight is 205 g/mol. The maximum absolute atomic E-state index is 2.83. The van der Waals surface area contributed by atoms with E-state index < -0.39 is 0 Å². The van der Waals surface area contributed by atoms with E-state index in [0.717, 1.165) is 17.0 Å². The van der Waals surface area contributed by atoms with Crippen LogP contribution in [0.3, 0.4) is 0 Å². The molecule has 1 saturated carbocycles. The second-order valence-corrected chi connectivity index (χ2v) is 6.28. The maximum Gasteiger partial charge on any atom is 0.122 e. The van der Waals surface area contributed by atoms with Crippen molar-refractivity contribution < 1.29 is 1.43 Å². The predicted molar refractivity (Wildman–Crippen MR) is 68.6 cm³/mol. The van der Waals surface area contributed by atoms with E-state index >= 15 is 0 Å². The molecule has 2 aliphatic heterocycles. The van der Waals surface area contributed by atoms with Crippen LogP contribution in [-0.2, 0) is 0 Å². The van der Waals surface area contributed by atoms with Gasteiger partial charge in [-0.15, -0.1) is 0 Å². The lowest BCUT2D eigenvalue weighted by molar-refractivity contribution is 0.202. The van der Waals surface area contributed by atoms with Crippen LogP contribution in [0.5, 0.6) is 0 Å². The Balaban J connectivity index is 0.000000963. The highest BCUT2D eigenvalue weighted by molar-refractivity contribution is 6.42. The van der Waals surface area contributed by atoms with Crippen molar-refractivity contribution in [2.24, 2.45) is 5.92 Å². The van der Waals surface area contributed by atoms with E-state index in [1.807, 2.05) is 0 Å². The third-order valence-electron chi connectivity index (χ3n) is 5.42. The first-order valence-electron chi connectivity index (χ1n) is 7.25. The van der Waals surface area contributed by atoms with Crippen LogP contribution in [0, 0.1) is 5.92 Å². The van der Waals surface area contributed by atoms with Crippen molar-refractivity contribution in [1.82, 2.24) is 0 Å². The van der Waals surface area contributed by atoms with E-state index in [-0.39, 0.29) is 1.43 Å². The second-order valence-electron chi connectivity index (χ2n) is 6.28. The first-order valence-corrected chi connectivity index (χ1v) is 7.25. The molecule has 3 aliphatic rings. The zero-order valence-electron chi connectivity index (χ0n) is 10.0. The minimum Gasteiger partial charge on any atom is -0.0682 e. The van der Waals surface area contributed by atoms with Gasteiger partial charge in [0.25, 0.3) is 0 Å². The van der Waals surface area contributed by atoms with Crippen molar-refractivity contribution >= 4 is 7.28 Å². The van der Waals surface area contributed by atoms with Gasteiger partial charge in [-0.05, 0) is 5.92 Å². The lowest BCUT2D eigenvalue weighted by Gasteiger charge is -2.51. The number of fused-ring (bicyclic) bond motifs is 2. The number of hydrogen-bond acceptors (Lipinski definition) is 0. The third-order valence-corrected chi connectivity index (χ3v) is 5.42. The molecule has 2 bridgehead atoms. The molecule has 0 spiro atoms. The molecule has 85 valence electrons. The summed E-state index contributed by atoms with van der Waals surface area (Å²) in [5.41, 5.74) is 0. The SMILES string of the molecule is [B]1C2CCCC1(C1CCCCC1)CCC2.[HH]. The van der Waals surface area contributed by atoms with Gasteiger partial charge in [0.05, 0.1) is 0 Å². The van der Waals surface area contributed by atoms with Gasteiger partial charge >= 0.3 is 0 Å². The molecule has 1 radical (unpaired) electrons. The van der Waals surface area contributed by atoms with Gasteiger partial charge in [-0.3, -0.25) is 0 Å². The molecule has 2 saturated heterocycles. The van der Waals surface area contributed by atoms with Gasteiger partial charge in [-0.25, -0.2) is 0 Å². The van der Waals surface area contributed by atoms with Crippen LogP contribution in [0.2, 0.25) is 11.1 Å². The molecule has 2 heterocycles. The lowest BCUT2D eigenvalue weighted by atomic mass is 9.32. The Labute approximate surface area is 96.9 Å². The summed E-state index contributed by atoms with van der Waals surface area (Å²) in [7, 11) is 2.83. The molecule has 0 N–H and O–H groups in total. The van der Waals surface area contributed by atoms with Gasteiger partial charge in [0.2, 0.25) is 0 Å². The van der Waals surface area contributed by atoms with Crippen LogP contribution in [0.15, 0.2) is 0 Å². The number of hydrogen-bond donors (Lipinski definition) is 0. The minimum absolute atomic E-state index is 0. The fraction of sp³-hybridized carbons (Fsp3) is 1.00. The average Bonchev–Trinajstić information content (AvgIpc) is 2.30. The highest BCUT2D eigenvalue weighted by Crippen LogP contribution is 2.58. The van der Waals surface area contributed by atoms with Crippen LogP contribution in [0.1, 0.15) is 72.1 Å². The zero-order chi connectivity index (χ0) is 10.1. The van der Waals surface area contributed by atoms with Crippen LogP contribution in [0.25, 0.3) is 0 Å². The fourth-order valence-corrected chi connectivity index (χ4v) is 4.68. The molecule has 0 unspecified atom stereocenters. The maximum atomic E-state index is 2.83. The summed E-state index contributed by atoms with van der Waals surface area (Å²) in [5, 5.41) is 0.724. The van der Waals surface area contributed by atoms with Gasteiger partial charge in [0, 0.05) is 1.43 Å². The molecule has 1 heteroatoms. The predicted octanol–water partition coefficient (Wildman–Crippen LogP) is 4.83. The Morgan fingerprint density at radius 1 is 0.800 bits per heavy atom. The zero-order valence-corrected chi connectivity index (χ0v) is 10.0. The Morgan fingerprint density at radius 3 is 2.13 bits per heavy atom. The topological polar surface area (TPSA) is 0 Å². The third kappa shape index (κ3) is 1.87. The fourth-order valence-electron chi connectivity index (χ4n) is 4.68. The standard InChI is InChI=1S/C14H24B.H2/c1-2-6-12(7-3-1)14-10-4-8-13(15-14)9-5-11-14;/h12-13H,1-11H2;1H. The van der Waals surface area contributed by atoms with Crippen molar-refractivity contribution in [2.45, 2.75) is 81.8 Å². The molecule has 0 amide bonds. The van der Waals surface area contributed by atoms with Gasteiger partial charge < -0.3 is 0 Å². The second kappa shape index (κ2) is 4.15. The summed E-state index contributed by atoms with van der Waals surface area (Å²) >= 11 is 0. The Bertz CT molecular complexity index is 213. The van der Waals surface area contributed by atoms with Crippen LogP contribution < -0.4 is 0 Å². The van der Waals surface area contributed by atoms with E-state index in [0.29, 0.717) is 0 Å². The van der Waals surface area contributed by atoms with Gasteiger partial charge in [-0.1, -0.05) is 81.8 Å². The molecule has 3 rings (SSSR count). The van der Waals surface area contributed by atoms with Gasteiger partial charge in [0.1, 0.15) is 7.28 Å². The highest BCUT2D eigenvalue weighted by Gasteiger charge is 2.44. The molecular weight excluding hydrogens is 179 g/mol. The molecule has 0 nitrogen and oxygen atoms in total. The van der Waals surface area contributed by atoms with E-state index in [2.05, 4.69) is 7.28 Å². The number of rotatable bonds is 1. The van der Waals surface area contributed by atoms with Crippen LogP contribution >= 0.6 is 0 Å². The first-order chi connectivity index (χ1) is 7.39. The van der Waals surface area contributed by atoms with Crippen molar-refractivity contribution in [1.29, 1.82) is 0 Å². The minimum atomic E-state index is 0. The highest BCUT2D eigenvalue weighted by atomic mass is 14.4. The van der Waals surface area contributed by atoms with Crippen molar-refractivity contribution in [3.63, 3.8) is 0 Å². The Kier molecular flexibility index (Phi) is 2.83. The lowest BCUT2D eigenvalue weighted by Crippen LogP contribution is -2.39. The Morgan fingerprint density at radius 2 is 1.47 bits per heavy atom. The first kappa shape index (κ1) is 10.2. The quantitative estimate of drug-likeness (QED) is 0.537. The molecule has 15 heavy (non-hydrogen) atoms. The molecule has 1 aliphatic carbocycles. The molecule has 0 atom stereocenters. The van der Waals surface area contributed by atoms with E-state index in [9.17, 15) is 0 Å². The van der Waals surface area contributed by atoms with Crippen molar-refractivity contribution in [3.8, 4) is 0 Å². The molecular formula is C14H26B. The van der Waals surface area contributed by atoms with E-state index in [1.54, 1.807) is 12.8 Å². The van der Waals surface area contributed by atoms with E-state index in [1.165, 1.54) is 57.8 Å². The van der Waals surface area contributed by atoms with Gasteiger partial charge in [0.15, 0.2) is 0 Å². The molecule has 0 aromatic rings. The largest absolute Gasteiger partial charge is 0.122 e. The van der Waals surface area contributed by atoms with Crippen molar-refractivity contribution in [2.75, 3.05) is 0 Å². The Hall–Kier alpha value is 0.0649. The summed E-state index contributed by atoms with van der Waals surface area (Å²) in [5.74, 6) is 2.09. The molecule has 3 fully saturated rings. The summed E-state index contributed by atoms with van der Waals surface area (Å²) in [6.45, 7) is 0. The van der Waals surface area contributed by atoms with E-state index in [4.69, 9.17) is 0 Å². The summed E-state index contributed by atoms with van der Waals surface area (Å²) in [6, 6.07) is 0. The van der Waals surface area contributed by atoms with Gasteiger partial charge in [-0.2, -0.15) is 0 Å². The van der Waals surface area contributed by atoms with Crippen molar-refractivity contribution in [3.05, 3.63) is 0 Å². The molecule has 0 aromatic heterocycles. The normalized spacial score (nSPS) is 42.3. The summed E-state index contributed by atoms with van der Waals surface area (Å²) < 4.78 is 0. The van der Waals surface area contributed by atoms with Crippen LogP contribution in [0.4, 0.5) is 0 Å². The summed E-state index contributed by atoms with van der Waals surface area (Å²) in [4.78, 5) is 0. The monoisotopic (exact) mass is 205 g/mol. The smallest absolute Gasteiger partial charge is 0.0682 e. The van der Waals surface area contributed by atoms with Crippen LogP contribution in [-0.4, -0.2) is 7.28 Å².